The molecule has 144 valence electrons. The third-order valence-electron chi connectivity index (χ3n) is 5.82. The van der Waals surface area contributed by atoms with Crippen LogP contribution in [0, 0.1) is 17.8 Å². The van der Waals surface area contributed by atoms with Crippen LogP contribution in [0.3, 0.4) is 0 Å². The van der Waals surface area contributed by atoms with Gasteiger partial charge in [-0.15, -0.1) is 0 Å². The van der Waals surface area contributed by atoms with E-state index in [2.05, 4.69) is 4.74 Å². The first-order chi connectivity index (χ1) is 11.9. The second kappa shape index (κ2) is 9.63. The lowest BCUT2D eigenvalue weighted by Crippen LogP contribution is -2.33. The molecule has 5 heteroatoms. The molecule has 1 atom stereocenters. The zero-order valence-corrected chi connectivity index (χ0v) is 15.2. The molecule has 0 saturated heterocycles. The Kier molecular flexibility index (Phi) is 7.82. The molecule has 2 fully saturated rings. The predicted molar refractivity (Wildman–Crippen MR) is 92.0 cm³/mol. The molecule has 2 aliphatic rings. The van der Waals surface area contributed by atoms with E-state index in [1.165, 1.54) is 51.9 Å². The fraction of sp³-hybridized carbons (Fsp3) is 0.850. The second-order valence-corrected chi connectivity index (χ2v) is 7.61. The van der Waals surface area contributed by atoms with Gasteiger partial charge < -0.3 is 4.74 Å². The molecule has 0 aromatic heterocycles. The highest BCUT2D eigenvalue weighted by molar-refractivity contribution is 5.69. The van der Waals surface area contributed by atoms with E-state index in [-0.39, 0.29) is 12.8 Å². The maximum absolute atomic E-state index is 12.9. The first-order valence-corrected chi connectivity index (χ1v) is 9.83. The van der Waals surface area contributed by atoms with Crippen LogP contribution in [0.4, 0.5) is 13.2 Å². The molecule has 0 spiro atoms. The minimum absolute atomic E-state index is 0.0402. The van der Waals surface area contributed by atoms with E-state index in [4.69, 9.17) is 0 Å². The van der Waals surface area contributed by atoms with Gasteiger partial charge in [0.15, 0.2) is 0 Å². The number of rotatable bonds is 6. The van der Waals surface area contributed by atoms with E-state index in [1.54, 1.807) is 6.08 Å². The van der Waals surface area contributed by atoms with Gasteiger partial charge in [-0.1, -0.05) is 51.2 Å². The summed E-state index contributed by atoms with van der Waals surface area (Å²) in [4.78, 5) is 11.2. The first kappa shape index (κ1) is 20.3. The van der Waals surface area contributed by atoms with Crippen LogP contribution >= 0.6 is 0 Å². The Labute approximate surface area is 149 Å². The summed E-state index contributed by atoms with van der Waals surface area (Å²) < 4.78 is 43.3. The molecule has 2 aliphatic carbocycles. The fourth-order valence-corrected chi connectivity index (χ4v) is 4.30. The number of carbonyl (C=O) groups excluding carboxylic acids is 1. The summed E-state index contributed by atoms with van der Waals surface area (Å²) in [6.07, 6.45) is 8.00. The number of halogens is 3. The van der Waals surface area contributed by atoms with E-state index in [9.17, 15) is 18.0 Å². The lowest BCUT2D eigenvalue weighted by Gasteiger charge is -2.35. The van der Waals surface area contributed by atoms with Gasteiger partial charge in [-0.25, -0.2) is 0 Å². The van der Waals surface area contributed by atoms with Crippen molar-refractivity contribution in [2.45, 2.75) is 89.8 Å². The number of carbonyl (C=O) groups is 1. The summed E-state index contributed by atoms with van der Waals surface area (Å²) in [6, 6.07) is 0. The Hall–Kier alpha value is -1.00. The van der Waals surface area contributed by atoms with Crippen molar-refractivity contribution >= 4 is 5.97 Å². The monoisotopic (exact) mass is 360 g/mol. The van der Waals surface area contributed by atoms with Gasteiger partial charge in [0.25, 0.3) is 0 Å². The highest BCUT2D eigenvalue weighted by Crippen LogP contribution is 2.40. The van der Waals surface area contributed by atoms with Crippen LogP contribution in [0.25, 0.3) is 0 Å². The summed E-state index contributed by atoms with van der Waals surface area (Å²) in [5, 5.41) is 0. The molecule has 0 bridgehead atoms. The molecule has 0 radical (unpaired) electrons. The lowest BCUT2D eigenvalue weighted by molar-refractivity contribution is -0.220. The molecule has 0 heterocycles. The zero-order chi connectivity index (χ0) is 18.3. The average molecular weight is 360 g/mol. The van der Waals surface area contributed by atoms with E-state index >= 15 is 0 Å². The standard InChI is InChI=1S/C20H31F3O2/c1-2-19(24)25-18(20(21,22)23)10-6-7-15-11-13-17(14-12-15)16-8-4-3-5-9-16/h6-7,15-18H,2-5,8-14H2,1H3/t15-,17-,18?. The second-order valence-electron chi connectivity index (χ2n) is 7.61. The molecular weight excluding hydrogens is 329 g/mol. The van der Waals surface area contributed by atoms with E-state index in [0.717, 1.165) is 24.7 Å². The van der Waals surface area contributed by atoms with Crippen LogP contribution < -0.4 is 0 Å². The molecule has 0 N–H and O–H groups in total. The van der Waals surface area contributed by atoms with Crippen LogP contribution in [-0.4, -0.2) is 18.2 Å². The lowest BCUT2D eigenvalue weighted by atomic mass is 9.71. The van der Waals surface area contributed by atoms with Crippen molar-refractivity contribution in [1.29, 1.82) is 0 Å². The third-order valence-corrected chi connectivity index (χ3v) is 5.82. The van der Waals surface area contributed by atoms with Crippen molar-refractivity contribution in [3.05, 3.63) is 12.2 Å². The van der Waals surface area contributed by atoms with E-state index in [1.807, 2.05) is 6.08 Å². The number of ether oxygens (including phenoxy) is 1. The van der Waals surface area contributed by atoms with Crippen molar-refractivity contribution in [1.82, 2.24) is 0 Å². The molecule has 2 rings (SSSR count). The first-order valence-electron chi connectivity index (χ1n) is 9.83. The van der Waals surface area contributed by atoms with Gasteiger partial charge in [0.1, 0.15) is 0 Å². The smallest absolute Gasteiger partial charge is 0.425 e. The third kappa shape index (κ3) is 6.67. The summed E-state index contributed by atoms with van der Waals surface area (Å²) in [5.74, 6) is 1.26. The van der Waals surface area contributed by atoms with Gasteiger partial charge in [-0.2, -0.15) is 13.2 Å². The zero-order valence-electron chi connectivity index (χ0n) is 15.2. The molecule has 2 saturated carbocycles. The summed E-state index contributed by atoms with van der Waals surface area (Å²) >= 11 is 0. The number of hydrogen-bond donors (Lipinski definition) is 0. The van der Waals surface area contributed by atoms with Crippen molar-refractivity contribution in [3.63, 3.8) is 0 Å². The molecule has 2 nitrogen and oxygen atoms in total. The Morgan fingerprint density at radius 1 is 1.04 bits per heavy atom. The van der Waals surface area contributed by atoms with E-state index in [0.29, 0.717) is 5.92 Å². The molecule has 25 heavy (non-hydrogen) atoms. The highest BCUT2D eigenvalue weighted by atomic mass is 19.4. The maximum Gasteiger partial charge on any atom is 0.425 e. The highest BCUT2D eigenvalue weighted by Gasteiger charge is 2.41. The summed E-state index contributed by atoms with van der Waals surface area (Å²) in [6.45, 7) is 1.50. The summed E-state index contributed by atoms with van der Waals surface area (Å²) in [5.41, 5.74) is 0. The topological polar surface area (TPSA) is 26.3 Å². The molecule has 0 amide bonds. The van der Waals surface area contributed by atoms with Crippen LogP contribution in [0.15, 0.2) is 12.2 Å². The number of hydrogen-bond acceptors (Lipinski definition) is 2. The van der Waals surface area contributed by atoms with Crippen molar-refractivity contribution < 1.29 is 22.7 Å². The largest absolute Gasteiger partial charge is 0.452 e. The van der Waals surface area contributed by atoms with Gasteiger partial charge >= 0.3 is 12.1 Å². The van der Waals surface area contributed by atoms with Crippen LogP contribution in [0.5, 0.6) is 0 Å². The van der Waals surface area contributed by atoms with Crippen LogP contribution in [0.1, 0.15) is 77.6 Å². The van der Waals surface area contributed by atoms with Gasteiger partial charge in [0.05, 0.1) is 0 Å². The summed E-state index contributed by atoms with van der Waals surface area (Å²) in [7, 11) is 0. The van der Waals surface area contributed by atoms with Crippen LogP contribution in [0.2, 0.25) is 0 Å². The Morgan fingerprint density at radius 3 is 2.20 bits per heavy atom. The van der Waals surface area contributed by atoms with Gasteiger partial charge in [0.2, 0.25) is 6.10 Å². The van der Waals surface area contributed by atoms with Crippen LogP contribution in [-0.2, 0) is 9.53 Å². The Balaban J connectivity index is 1.76. The average Bonchev–Trinajstić information content (AvgIpc) is 2.61. The number of esters is 1. The Morgan fingerprint density at radius 2 is 1.64 bits per heavy atom. The number of alkyl halides is 3. The van der Waals surface area contributed by atoms with Crippen molar-refractivity contribution in [2.75, 3.05) is 0 Å². The van der Waals surface area contributed by atoms with Gasteiger partial charge in [-0.3, -0.25) is 4.79 Å². The molecule has 0 aliphatic heterocycles. The molecule has 0 aromatic carbocycles. The van der Waals surface area contributed by atoms with Crippen molar-refractivity contribution in [2.24, 2.45) is 17.8 Å². The Bertz CT molecular complexity index is 431. The predicted octanol–water partition coefficient (Wildman–Crippen LogP) is 6.20. The minimum Gasteiger partial charge on any atom is -0.452 e. The molecule has 1 unspecified atom stereocenters. The quantitative estimate of drug-likeness (QED) is 0.416. The maximum atomic E-state index is 12.9. The van der Waals surface area contributed by atoms with Crippen molar-refractivity contribution in [3.8, 4) is 0 Å². The minimum atomic E-state index is -4.51. The normalized spacial score (nSPS) is 27.4. The number of allylic oxidation sites excluding steroid dienone is 1. The van der Waals surface area contributed by atoms with Gasteiger partial charge in [0, 0.05) is 12.8 Å². The fourth-order valence-electron chi connectivity index (χ4n) is 4.30. The molecule has 0 aromatic rings. The molecular formula is C20H31F3O2. The van der Waals surface area contributed by atoms with E-state index < -0.39 is 18.2 Å². The SMILES string of the molecule is CCC(=O)OC(CC=C[C@H]1CC[C@H](C2CCCCC2)CC1)C(F)(F)F. The van der Waals surface area contributed by atoms with Gasteiger partial charge in [-0.05, 0) is 43.4 Å².